The lowest BCUT2D eigenvalue weighted by molar-refractivity contribution is 0.624. The standard InChI is InChI=1S/C12H17N7/c1-8-5-9(2)19(6-8)12-16-10(13)15-11(17-12)18-4-3-14-7-18/h3-4,7-9H,5-6H2,1-2H3,(H2,13,15,16,17). The fourth-order valence-electron chi connectivity index (χ4n) is 2.57. The van der Waals surface area contributed by atoms with Crippen molar-refractivity contribution in [3.63, 3.8) is 0 Å². The maximum absolute atomic E-state index is 5.79. The van der Waals surface area contributed by atoms with E-state index < -0.39 is 0 Å². The summed E-state index contributed by atoms with van der Waals surface area (Å²) in [4.78, 5) is 19.1. The van der Waals surface area contributed by atoms with Crippen LogP contribution in [0.25, 0.3) is 5.95 Å². The molecule has 2 aromatic rings. The van der Waals surface area contributed by atoms with Crippen LogP contribution in [0.3, 0.4) is 0 Å². The fourth-order valence-corrected chi connectivity index (χ4v) is 2.57. The topological polar surface area (TPSA) is 85.8 Å². The van der Waals surface area contributed by atoms with Gasteiger partial charge in [0.15, 0.2) is 0 Å². The Morgan fingerprint density at radius 1 is 1.21 bits per heavy atom. The predicted molar refractivity (Wildman–Crippen MR) is 72.0 cm³/mol. The Bertz CT molecular complexity index is 565. The lowest BCUT2D eigenvalue weighted by Gasteiger charge is -2.21. The molecule has 2 unspecified atom stereocenters. The number of nitrogens with zero attached hydrogens (tertiary/aromatic N) is 6. The van der Waals surface area contributed by atoms with Crippen molar-refractivity contribution in [2.45, 2.75) is 26.3 Å². The van der Waals surface area contributed by atoms with Crippen LogP contribution in [0, 0.1) is 5.92 Å². The molecule has 1 saturated heterocycles. The third kappa shape index (κ3) is 2.23. The van der Waals surface area contributed by atoms with Crippen LogP contribution in [0.15, 0.2) is 18.7 Å². The van der Waals surface area contributed by atoms with Crippen molar-refractivity contribution in [3.8, 4) is 5.95 Å². The van der Waals surface area contributed by atoms with E-state index >= 15 is 0 Å². The molecule has 1 aliphatic rings. The van der Waals surface area contributed by atoms with E-state index in [1.54, 1.807) is 23.3 Å². The number of nitrogen functional groups attached to an aromatic ring is 1. The van der Waals surface area contributed by atoms with E-state index in [2.05, 4.69) is 38.7 Å². The summed E-state index contributed by atoms with van der Waals surface area (Å²) in [5.74, 6) is 2.03. The largest absolute Gasteiger partial charge is 0.368 e. The van der Waals surface area contributed by atoms with Crippen LogP contribution in [-0.4, -0.2) is 37.1 Å². The molecule has 2 N–H and O–H groups in total. The molecular formula is C12H17N7. The van der Waals surface area contributed by atoms with Crippen LogP contribution in [0.4, 0.5) is 11.9 Å². The fraction of sp³-hybridized carbons (Fsp3) is 0.500. The van der Waals surface area contributed by atoms with Crippen LogP contribution >= 0.6 is 0 Å². The summed E-state index contributed by atoms with van der Waals surface area (Å²) in [6.45, 7) is 5.37. The maximum Gasteiger partial charge on any atom is 0.241 e. The average Bonchev–Trinajstić information content (AvgIpc) is 2.98. The van der Waals surface area contributed by atoms with Crippen LogP contribution in [0.2, 0.25) is 0 Å². The zero-order chi connectivity index (χ0) is 13.4. The van der Waals surface area contributed by atoms with E-state index in [0.29, 0.717) is 23.9 Å². The summed E-state index contributed by atoms with van der Waals surface area (Å²) in [5, 5.41) is 0. The average molecular weight is 259 g/mol. The predicted octanol–water partition coefficient (Wildman–Crippen LogP) is 0.874. The third-order valence-corrected chi connectivity index (χ3v) is 3.41. The monoisotopic (exact) mass is 259 g/mol. The molecule has 7 nitrogen and oxygen atoms in total. The molecule has 7 heteroatoms. The third-order valence-electron chi connectivity index (χ3n) is 3.41. The van der Waals surface area contributed by atoms with E-state index in [1.165, 1.54) is 0 Å². The van der Waals surface area contributed by atoms with Crippen molar-refractivity contribution in [3.05, 3.63) is 18.7 Å². The molecule has 2 atom stereocenters. The molecule has 100 valence electrons. The minimum Gasteiger partial charge on any atom is -0.368 e. The highest BCUT2D eigenvalue weighted by molar-refractivity contribution is 5.40. The van der Waals surface area contributed by atoms with Gasteiger partial charge in [-0.15, -0.1) is 0 Å². The van der Waals surface area contributed by atoms with Crippen LogP contribution in [0.5, 0.6) is 0 Å². The second-order valence-corrected chi connectivity index (χ2v) is 5.11. The molecule has 1 fully saturated rings. The van der Waals surface area contributed by atoms with Crippen molar-refractivity contribution in [1.29, 1.82) is 0 Å². The summed E-state index contributed by atoms with van der Waals surface area (Å²) in [6, 6.07) is 0.424. The molecule has 0 saturated carbocycles. The first-order chi connectivity index (χ1) is 9.13. The number of anilines is 2. The van der Waals surface area contributed by atoms with E-state index in [9.17, 15) is 0 Å². The van der Waals surface area contributed by atoms with Gasteiger partial charge in [0.1, 0.15) is 6.33 Å². The minimum absolute atomic E-state index is 0.237. The normalized spacial score (nSPS) is 22.9. The van der Waals surface area contributed by atoms with Crippen LogP contribution in [-0.2, 0) is 0 Å². The molecule has 0 spiro atoms. The summed E-state index contributed by atoms with van der Waals surface area (Å²) in [6.07, 6.45) is 6.26. The molecule has 0 bridgehead atoms. The van der Waals surface area contributed by atoms with Gasteiger partial charge in [0.25, 0.3) is 0 Å². The van der Waals surface area contributed by atoms with E-state index in [4.69, 9.17) is 5.73 Å². The highest BCUT2D eigenvalue weighted by atomic mass is 15.3. The summed E-state index contributed by atoms with van der Waals surface area (Å²) >= 11 is 0. The van der Waals surface area contributed by atoms with Gasteiger partial charge < -0.3 is 10.6 Å². The zero-order valence-corrected chi connectivity index (χ0v) is 11.1. The Morgan fingerprint density at radius 2 is 2.00 bits per heavy atom. The number of hydrogen-bond acceptors (Lipinski definition) is 6. The number of aromatic nitrogens is 5. The molecule has 0 aromatic carbocycles. The Kier molecular flexibility index (Phi) is 2.81. The highest BCUT2D eigenvalue weighted by Gasteiger charge is 2.28. The van der Waals surface area contributed by atoms with E-state index in [0.717, 1.165) is 13.0 Å². The van der Waals surface area contributed by atoms with Crippen molar-refractivity contribution in [1.82, 2.24) is 24.5 Å². The first-order valence-corrected chi connectivity index (χ1v) is 6.40. The Balaban J connectivity index is 1.98. The molecule has 0 radical (unpaired) electrons. The first kappa shape index (κ1) is 11.9. The molecule has 1 aliphatic heterocycles. The number of hydrogen-bond donors (Lipinski definition) is 1. The van der Waals surface area contributed by atoms with Crippen molar-refractivity contribution >= 4 is 11.9 Å². The molecular weight excluding hydrogens is 242 g/mol. The number of imidazole rings is 1. The van der Waals surface area contributed by atoms with Gasteiger partial charge >= 0.3 is 0 Å². The summed E-state index contributed by atoms with van der Waals surface area (Å²) in [7, 11) is 0. The van der Waals surface area contributed by atoms with Gasteiger partial charge in [0.2, 0.25) is 17.8 Å². The smallest absolute Gasteiger partial charge is 0.241 e. The van der Waals surface area contributed by atoms with E-state index in [1.807, 2.05) is 0 Å². The second kappa shape index (κ2) is 4.49. The van der Waals surface area contributed by atoms with Gasteiger partial charge in [-0.1, -0.05) is 6.92 Å². The van der Waals surface area contributed by atoms with Crippen molar-refractivity contribution < 1.29 is 0 Å². The molecule has 3 rings (SSSR count). The Labute approximate surface area is 111 Å². The van der Waals surface area contributed by atoms with Gasteiger partial charge in [-0.25, -0.2) is 4.98 Å². The molecule has 0 amide bonds. The molecule has 19 heavy (non-hydrogen) atoms. The number of nitrogens with two attached hydrogens (primary N) is 1. The van der Waals surface area contributed by atoms with Crippen molar-refractivity contribution in [2.75, 3.05) is 17.2 Å². The zero-order valence-electron chi connectivity index (χ0n) is 11.1. The first-order valence-electron chi connectivity index (χ1n) is 6.40. The lowest BCUT2D eigenvalue weighted by Crippen LogP contribution is -2.29. The SMILES string of the molecule is CC1CC(C)N(c2nc(N)nc(-n3ccnc3)n2)C1. The highest BCUT2D eigenvalue weighted by Crippen LogP contribution is 2.26. The molecule has 3 heterocycles. The Hall–Kier alpha value is -2.18. The van der Waals surface area contributed by atoms with Gasteiger partial charge in [-0.3, -0.25) is 4.57 Å². The van der Waals surface area contributed by atoms with Gasteiger partial charge in [-0.05, 0) is 19.3 Å². The molecule has 2 aromatic heterocycles. The summed E-state index contributed by atoms with van der Waals surface area (Å²) in [5.41, 5.74) is 5.79. The maximum atomic E-state index is 5.79. The van der Waals surface area contributed by atoms with Gasteiger partial charge in [-0.2, -0.15) is 15.0 Å². The quantitative estimate of drug-likeness (QED) is 0.861. The van der Waals surface area contributed by atoms with E-state index in [-0.39, 0.29) is 5.95 Å². The van der Waals surface area contributed by atoms with Gasteiger partial charge in [0.05, 0.1) is 0 Å². The van der Waals surface area contributed by atoms with Crippen molar-refractivity contribution in [2.24, 2.45) is 5.92 Å². The lowest BCUT2D eigenvalue weighted by atomic mass is 10.1. The van der Waals surface area contributed by atoms with Crippen LogP contribution < -0.4 is 10.6 Å². The Morgan fingerprint density at radius 3 is 2.63 bits per heavy atom. The minimum atomic E-state index is 0.237. The second-order valence-electron chi connectivity index (χ2n) is 5.11. The number of rotatable bonds is 2. The molecule has 0 aliphatic carbocycles. The van der Waals surface area contributed by atoms with Crippen LogP contribution in [0.1, 0.15) is 20.3 Å². The summed E-state index contributed by atoms with van der Waals surface area (Å²) < 4.78 is 1.73. The van der Waals surface area contributed by atoms with Gasteiger partial charge in [0, 0.05) is 25.0 Å².